The number of benzene rings is 4. The standard InChI is InChI=1S/C28H19F4N3O3/c1-37-21-13-22(29)25(23(30)14-21)35-15-24(19-7-6-16-4-2-3-5-18(16)12-19)33-28(35)34-26(36)17-8-10-20(11-9-17)38-27(31)32/h2-15,27H,1H3,(H,33,34,36). The third-order valence-electron chi connectivity index (χ3n) is 5.79. The summed E-state index contributed by atoms with van der Waals surface area (Å²) >= 11 is 0. The highest BCUT2D eigenvalue weighted by atomic mass is 19.3. The van der Waals surface area contributed by atoms with Crippen molar-refractivity contribution >= 4 is 22.6 Å². The maximum Gasteiger partial charge on any atom is 0.387 e. The van der Waals surface area contributed by atoms with Crippen LogP contribution in [0.2, 0.25) is 0 Å². The lowest BCUT2D eigenvalue weighted by Crippen LogP contribution is -2.16. The fourth-order valence-corrected chi connectivity index (χ4v) is 3.98. The van der Waals surface area contributed by atoms with Crippen molar-refractivity contribution in [1.82, 2.24) is 9.55 Å². The van der Waals surface area contributed by atoms with Crippen LogP contribution in [0.15, 0.2) is 85.1 Å². The number of rotatable bonds is 7. The van der Waals surface area contributed by atoms with Crippen LogP contribution in [0.4, 0.5) is 23.5 Å². The van der Waals surface area contributed by atoms with Gasteiger partial charge in [0.05, 0.1) is 12.8 Å². The molecule has 0 atom stereocenters. The molecule has 0 saturated heterocycles. The van der Waals surface area contributed by atoms with Crippen molar-refractivity contribution in [3.63, 3.8) is 0 Å². The normalized spacial score (nSPS) is 11.1. The lowest BCUT2D eigenvalue weighted by atomic mass is 10.1. The molecule has 0 aliphatic rings. The van der Waals surface area contributed by atoms with Gasteiger partial charge in [-0.2, -0.15) is 8.78 Å². The molecule has 1 aromatic heterocycles. The van der Waals surface area contributed by atoms with E-state index in [0.717, 1.165) is 27.5 Å². The van der Waals surface area contributed by atoms with Crippen LogP contribution in [-0.4, -0.2) is 29.2 Å². The van der Waals surface area contributed by atoms with Gasteiger partial charge in [-0.1, -0.05) is 36.4 Å². The molecule has 1 heterocycles. The van der Waals surface area contributed by atoms with Crippen LogP contribution in [0.25, 0.3) is 27.7 Å². The summed E-state index contributed by atoms with van der Waals surface area (Å²) in [6.45, 7) is -3.01. The molecule has 0 radical (unpaired) electrons. The Hall–Kier alpha value is -4.86. The van der Waals surface area contributed by atoms with E-state index < -0.39 is 29.8 Å². The first-order valence-corrected chi connectivity index (χ1v) is 11.3. The first-order chi connectivity index (χ1) is 18.3. The Bertz CT molecular complexity index is 1610. The number of nitrogens with one attached hydrogen (secondary N) is 1. The Morgan fingerprint density at radius 2 is 1.58 bits per heavy atom. The number of imidazole rings is 1. The Labute approximate surface area is 214 Å². The number of ether oxygens (including phenoxy) is 2. The van der Waals surface area contributed by atoms with Crippen molar-refractivity contribution in [3.8, 4) is 28.4 Å². The van der Waals surface area contributed by atoms with Crippen molar-refractivity contribution in [1.29, 1.82) is 0 Å². The molecule has 5 aromatic rings. The van der Waals surface area contributed by atoms with Gasteiger partial charge in [-0.15, -0.1) is 0 Å². The van der Waals surface area contributed by atoms with Crippen LogP contribution < -0.4 is 14.8 Å². The Morgan fingerprint density at radius 1 is 0.895 bits per heavy atom. The van der Waals surface area contributed by atoms with Gasteiger partial charge >= 0.3 is 6.61 Å². The molecule has 10 heteroatoms. The first-order valence-electron chi connectivity index (χ1n) is 11.3. The molecule has 0 bridgehead atoms. The number of carbonyl (C=O) groups excluding carboxylic acids is 1. The number of hydrogen-bond donors (Lipinski definition) is 1. The van der Waals surface area contributed by atoms with Crippen molar-refractivity contribution in [2.45, 2.75) is 6.61 Å². The molecule has 0 aliphatic carbocycles. The molecule has 38 heavy (non-hydrogen) atoms. The molecule has 0 aliphatic heterocycles. The fraction of sp³-hybridized carbons (Fsp3) is 0.0714. The number of nitrogens with zero attached hydrogens (tertiary/aromatic N) is 2. The van der Waals surface area contributed by atoms with Crippen LogP contribution in [0.3, 0.4) is 0 Å². The second-order valence-corrected chi connectivity index (χ2v) is 8.18. The minimum absolute atomic E-state index is 0.0182. The van der Waals surface area contributed by atoms with Crippen molar-refractivity contribution < 1.29 is 31.8 Å². The van der Waals surface area contributed by atoms with Crippen LogP contribution in [0, 0.1) is 11.6 Å². The molecule has 1 N–H and O–H groups in total. The summed E-state index contributed by atoms with van der Waals surface area (Å²) in [5.74, 6) is -2.86. The second-order valence-electron chi connectivity index (χ2n) is 8.18. The number of amides is 1. The number of hydrogen-bond acceptors (Lipinski definition) is 4. The summed E-state index contributed by atoms with van der Waals surface area (Å²) in [6, 6.07) is 20.2. The van der Waals surface area contributed by atoms with Gasteiger partial charge in [0, 0.05) is 29.5 Å². The minimum Gasteiger partial charge on any atom is -0.497 e. The quantitative estimate of drug-likeness (QED) is 0.239. The third kappa shape index (κ3) is 5.01. The second kappa shape index (κ2) is 10.3. The van der Waals surface area contributed by atoms with Gasteiger partial charge in [0.2, 0.25) is 5.95 Å². The minimum atomic E-state index is -3.01. The summed E-state index contributed by atoms with van der Waals surface area (Å²) in [4.78, 5) is 17.4. The zero-order chi connectivity index (χ0) is 26.8. The van der Waals surface area contributed by atoms with Gasteiger partial charge in [-0.05, 0) is 41.1 Å². The fourth-order valence-electron chi connectivity index (χ4n) is 3.98. The first kappa shape index (κ1) is 24.8. The van der Waals surface area contributed by atoms with Gasteiger partial charge in [-0.3, -0.25) is 14.7 Å². The van der Waals surface area contributed by atoms with Crippen LogP contribution in [-0.2, 0) is 0 Å². The van der Waals surface area contributed by atoms with E-state index in [1.54, 1.807) is 0 Å². The van der Waals surface area contributed by atoms with E-state index >= 15 is 8.78 Å². The zero-order valence-corrected chi connectivity index (χ0v) is 19.8. The zero-order valence-electron chi connectivity index (χ0n) is 19.8. The molecule has 5 rings (SSSR count). The Morgan fingerprint density at radius 3 is 2.24 bits per heavy atom. The lowest BCUT2D eigenvalue weighted by Gasteiger charge is -2.12. The highest BCUT2D eigenvalue weighted by Gasteiger charge is 2.21. The Kier molecular flexibility index (Phi) is 6.69. The molecule has 4 aromatic carbocycles. The van der Waals surface area contributed by atoms with E-state index in [4.69, 9.17) is 4.74 Å². The van der Waals surface area contributed by atoms with Crippen molar-refractivity contribution in [2.24, 2.45) is 0 Å². The van der Waals surface area contributed by atoms with E-state index in [1.165, 1.54) is 37.6 Å². The van der Waals surface area contributed by atoms with E-state index in [9.17, 15) is 13.6 Å². The number of fused-ring (bicyclic) bond motifs is 1. The summed E-state index contributed by atoms with van der Waals surface area (Å²) in [6.07, 6.45) is 1.41. The average molecular weight is 521 g/mol. The lowest BCUT2D eigenvalue weighted by molar-refractivity contribution is -0.0498. The summed E-state index contributed by atoms with van der Waals surface area (Å²) in [5.41, 5.74) is 0.618. The Balaban J connectivity index is 1.56. The monoisotopic (exact) mass is 521 g/mol. The SMILES string of the molecule is COc1cc(F)c(-n2cc(-c3ccc4ccccc4c3)nc2NC(=O)c2ccc(OC(F)F)cc2)c(F)c1. The molecular formula is C28H19F4N3O3. The highest BCUT2D eigenvalue weighted by molar-refractivity contribution is 6.03. The van der Waals surface area contributed by atoms with E-state index in [1.807, 2.05) is 42.5 Å². The van der Waals surface area contributed by atoms with Crippen molar-refractivity contribution in [3.05, 3.63) is 102 Å². The molecule has 1 amide bonds. The summed E-state index contributed by atoms with van der Waals surface area (Å²) in [7, 11) is 1.28. The van der Waals surface area contributed by atoms with Crippen molar-refractivity contribution in [2.75, 3.05) is 12.4 Å². The molecule has 0 saturated carbocycles. The van der Waals surface area contributed by atoms with Crippen LogP contribution in [0.5, 0.6) is 11.5 Å². The van der Waals surface area contributed by atoms with Crippen LogP contribution >= 0.6 is 0 Å². The third-order valence-corrected chi connectivity index (χ3v) is 5.79. The summed E-state index contributed by atoms with van der Waals surface area (Å²) < 4.78 is 65.3. The molecule has 6 nitrogen and oxygen atoms in total. The van der Waals surface area contributed by atoms with Gasteiger partial charge in [0.25, 0.3) is 5.91 Å². The van der Waals surface area contributed by atoms with E-state index in [0.29, 0.717) is 11.3 Å². The van der Waals surface area contributed by atoms with Gasteiger partial charge in [0.15, 0.2) is 11.6 Å². The number of aromatic nitrogens is 2. The number of methoxy groups -OCH3 is 1. The predicted molar refractivity (Wildman–Crippen MR) is 134 cm³/mol. The van der Waals surface area contributed by atoms with E-state index in [-0.39, 0.29) is 23.0 Å². The predicted octanol–water partition coefficient (Wildman–Crippen LogP) is 6.83. The van der Waals surface area contributed by atoms with Gasteiger partial charge in [0.1, 0.15) is 17.2 Å². The van der Waals surface area contributed by atoms with E-state index in [2.05, 4.69) is 15.0 Å². The van der Waals surface area contributed by atoms with Gasteiger partial charge in [-0.25, -0.2) is 13.8 Å². The van der Waals surface area contributed by atoms with Gasteiger partial charge < -0.3 is 9.47 Å². The number of alkyl halides is 2. The summed E-state index contributed by atoms with van der Waals surface area (Å²) in [5, 5.41) is 4.48. The topological polar surface area (TPSA) is 65.4 Å². The highest BCUT2D eigenvalue weighted by Crippen LogP contribution is 2.31. The van der Waals surface area contributed by atoms with Crippen LogP contribution in [0.1, 0.15) is 10.4 Å². The maximum atomic E-state index is 15.0. The number of halogens is 4. The number of anilines is 1. The molecule has 192 valence electrons. The molecule has 0 fully saturated rings. The molecule has 0 unspecified atom stereocenters. The number of carbonyl (C=O) groups is 1. The maximum absolute atomic E-state index is 15.0. The largest absolute Gasteiger partial charge is 0.497 e. The average Bonchev–Trinajstić information content (AvgIpc) is 3.31. The molecular weight excluding hydrogens is 502 g/mol. The molecule has 0 spiro atoms. The smallest absolute Gasteiger partial charge is 0.387 e.